The number of rotatable bonds is 8. The molecule has 0 saturated carbocycles. The molecule has 33 heavy (non-hydrogen) atoms. The van der Waals surface area contributed by atoms with Crippen LogP contribution in [-0.4, -0.2) is 15.6 Å². The largest absolute Gasteiger partial charge is 0.488 e. The van der Waals surface area contributed by atoms with Crippen LogP contribution in [0.5, 0.6) is 5.75 Å². The quantitative estimate of drug-likeness (QED) is 0.366. The van der Waals surface area contributed by atoms with Gasteiger partial charge in [0, 0.05) is 17.6 Å². The maximum Gasteiger partial charge on any atom is 0.421 e. The van der Waals surface area contributed by atoms with E-state index in [4.69, 9.17) is 4.74 Å². The number of unbranched alkanes of at least 4 members (excludes halogenated alkanes) is 1. The average Bonchev–Trinajstić information content (AvgIpc) is 2.72. The second-order valence-corrected chi connectivity index (χ2v) is 8.75. The molecular weight excluding hydrogens is 429 g/mol. The second kappa shape index (κ2) is 10.1. The zero-order valence-electron chi connectivity index (χ0n) is 19.3. The Morgan fingerprint density at radius 1 is 0.939 bits per heavy atom. The molecule has 0 fully saturated rings. The minimum Gasteiger partial charge on any atom is -0.488 e. The van der Waals surface area contributed by atoms with Gasteiger partial charge < -0.3 is 15.4 Å². The number of aryl methyl sites for hydroxylation is 1. The topological polar surface area (TPSA) is 59.1 Å². The van der Waals surface area contributed by atoms with E-state index in [1.165, 1.54) is 0 Å². The third-order valence-corrected chi connectivity index (χ3v) is 4.64. The minimum atomic E-state index is -4.59. The molecule has 0 spiro atoms. The van der Waals surface area contributed by atoms with E-state index in [-0.39, 0.29) is 17.4 Å². The van der Waals surface area contributed by atoms with Gasteiger partial charge in [0.25, 0.3) is 0 Å². The molecule has 0 aliphatic rings. The number of anilines is 4. The fraction of sp³-hybridized carbons (Fsp3) is 0.360. The molecule has 0 unspecified atom stereocenters. The fourth-order valence-electron chi connectivity index (χ4n) is 3.16. The lowest BCUT2D eigenvalue weighted by Crippen LogP contribution is -2.22. The molecule has 0 aliphatic carbocycles. The predicted molar refractivity (Wildman–Crippen MR) is 125 cm³/mol. The summed E-state index contributed by atoms with van der Waals surface area (Å²) in [4.78, 5) is 7.99. The summed E-state index contributed by atoms with van der Waals surface area (Å²) in [5, 5.41) is 5.78. The third-order valence-electron chi connectivity index (χ3n) is 4.64. The first-order valence-electron chi connectivity index (χ1n) is 10.9. The molecule has 0 saturated heterocycles. The van der Waals surface area contributed by atoms with Crippen LogP contribution in [0.1, 0.15) is 51.7 Å². The van der Waals surface area contributed by atoms with Crippen LogP contribution in [0.3, 0.4) is 0 Å². The first-order chi connectivity index (χ1) is 15.5. The van der Waals surface area contributed by atoms with Gasteiger partial charge in [-0.25, -0.2) is 4.98 Å². The molecule has 3 rings (SSSR count). The number of alkyl halides is 3. The molecule has 0 aliphatic heterocycles. The Morgan fingerprint density at radius 2 is 1.67 bits per heavy atom. The van der Waals surface area contributed by atoms with Gasteiger partial charge >= 0.3 is 6.18 Å². The van der Waals surface area contributed by atoms with Gasteiger partial charge in [-0.1, -0.05) is 25.5 Å². The molecule has 3 aromatic rings. The van der Waals surface area contributed by atoms with E-state index < -0.39 is 11.7 Å². The van der Waals surface area contributed by atoms with Crippen LogP contribution in [0.4, 0.5) is 36.3 Å². The molecule has 1 aromatic heterocycles. The minimum absolute atomic E-state index is 0.0529. The van der Waals surface area contributed by atoms with Crippen LogP contribution in [0, 0.1) is 0 Å². The number of nitrogens with one attached hydrogen (secondary N) is 2. The van der Waals surface area contributed by atoms with E-state index >= 15 is 0 Å². The van der Waals surface area contributed by atoms with E-state index in [0.29, 0.717) is 17.1 Å². The Morgan fingerprint density at radius 3 is 2.30 bits per heavy atom. The van der Waals surface area contributed by atoms with E-state index in [0.717, 1.165) is 31.0 Å². The highest BCUT2D eigenvalue weighted by molar-refractivity contribution is 5.63. The van der Waals surface area contributed by atoms with Crippen molar-refractivity contribution in [1.82, 2.24) is 9.97 Å². The summed E-state index contributed by atoms with van der Waals surface area (Å²) in [6, 6.07) is 14.4. The summed E-state index contributed by atoms with van der Waals surface area (Å²) >= 11 is 0. The van der Waals surface area contributed by atoms with Crippen molar-refractivity contribution in [2.45, 2.75) is 58.7 Å². The summed E-state index contributed by atoms with van der Waals surface area (Å²) in [7, 11) is 0. The van der Waals surface area contributed by atoms with Crippen LogP contribution < -0.4 is 15.4 Å². The van der Waals surface area contributed by atoms with Gasteiger partial charge in [-0.3, -0.25) is 0 Å². The summed E-state index contributed by atoms with van der Waals surface area (Å²) < 4.78 is 46.5. The summed E-state index contributed by atoms with van der Waals surface area (Å²) in [6.07, 6.45) is -0.884. The maximum atomic E-state index is 13.6. The zero-order chi connectivity index (χ0) is 24.1. The van der Waals surface area contributed by atoms with Gasteiger partial charge in [-0.05, 0) is 75.6 Å². The van der Waals surface area contributed by atoms with Crippen molar-refractivity contribution in [3.63, 3.8) is 0 Å². The molecular formula is C25H29F3N4O. The highest BCUT2D eigenvalue weighted by atomic mass is 19.4. The molecule has 2 N–H and O–H groups in total. The van der Waals surface area contributed by atoms with Gasteiger partial charge in [-0.2, -0.15) is 18.2 Å². The van der Waals surface area contributed by atoms with Crippen LogP contribution in [0.2, 0.25) is 0 Å². The normalized spacial score (nSPS) is 11.8. The maximum absolute atomic E-state index is 13.6. The number of aromatic nitrogens is 2. The number of hydrogen-bond donors (Lipinski definition) is 2. The number of nitrogens with zero attached hydrogens (tertiary/aromatic N) is 2. The Bertz CT molecular complexity index is 1060. The van der Waals surface area contributed by atoms with Crippen LogP contribution in [-0.2, 0) is 12.6 Å². The van der Waals surface area contributed by atoms with Crippen molar-refractivity contribution >= 4 is 23.1 Å². The van der Waals surface area contributed by atoms with E-state index in [1.54, 1.807) is 30.3 Å². The zero-order valence-corrected chi connectivity index (χ0v) is 19.3. The molecule has 1 heterocycles. The lowest BCUT2D eigenvalue weighted by atomic mass is 10.1. The molecule has 0 amide bonds. The SMILES string of the molecule is CCCCc1cccc(Nc2nc(Nc3ccc(OC(C)(C)C)cc3)ncc2C(F)(F)F)c1. The van der Waals surface area contributed by atoms with Crippen LogP contribution in [0.25, 0.3) is 0 Å². The van der Waals surface area contributed by atoms with Gasteiger partial charge in [0.15, 0.2) is 0 Å². The standard InChI is InChI=1S/C25H29F3N4O/c1-5-6-8-17-9-7-10-19(15-17)30-22-21(25(26,27)28)16-29-23(32-22)31-18-11-13-20(14-12-18)33-24(2,3)4/h7,9-16H,5-6,8H2,1-4H3,(H2,29,30,31,32). The summed E-state index contributed by atoms with van der Waals surface area (Å²) in [5.74, 6) is 0.434. The highest BCUT2D eigenvalue weighted by Crippen LogP contribution is 2.35. The Labute approximate surface area is 192 Å². The molecule has 5 nitrogen and oxygen atoms in total. The summed E-state index contributed by atoms with van der Waals surface area (Å²) in [6.45, 7) is 7.94. The van der Waals surface area contributed by atoms with E-state index in [2.05, 4.69) is 27.5 Å². The van der Waals surface area contributed by atoms with Gasteiger partial charge in [0.1, 0.15) is 22.7 Å². The first-order valence-corrected chi connectivity index (χ1v) is 10.9. The molecule has 8 heteroatoms. The molecule has 0 radical (unpaired) electrons. The Hall–Kier alpha value is -3.29. The van der Waals surface area contributed by atoms with Crippen molar-refractivity contribution in [2.75, 3.05) is 10.6 Å². The number of ether oxygens (including phenoxy) is 1. The summed E-state index contributed by atoms with van der Waals surface area (Å²) in [5.41, 5.74) is 0.965. The smallest absolute Gasteiger partial charge is 0.421 e. The second-order valence-electron chi connectivity index (χ2n) is 8.75. The lowest BCUT2D eigenvalue weighted by Gasteiger charge is -2.21. The predicted octanol–water partition coefficient (Wildman–Crippen LogP) is 7.50. The molecule has 0 atom stereocenters. The Kier molecular flexibility index (Phi) is 7.46. The van der Waals surface area contributed by atoms with Crippen molar-refractivity contribution < 1.29 is 17.9 Å². The van der Waals surface area contributed by atoms with Gasteiger partial charge in [0.2, 0.25) is 5.95 Å². The number of halogens is 3. The van der Waals surface area contributed by atoms with Crippen molar-refractivity contribution in [3.8, 4) is 5.75 Å². The highest BCUT2D eigenvalue weighted by Gasteiger charge is 2.35. The van der Waals surface area contributed by atoms with Crippen LogP contribution in [0.15, 0.2) is 54.7 Å². The number of hydrogen-bond acceptors (Lipinski definition) is 5. The van der Waals surface area contributed by atoms with Crippen LogP contribution >= 0.6 is 0 Å². The first kappa shape index (κ1) is 24.4. The van der Waals surface area contributed by atoms with Crippen molar-refractivity contribution in [3.05, 3.63) is 65.9 Å². The lowest BCUT2D eigenvalue weighted by molar-refractivity contribution is -0.137. The van der Waals surface area contributed by atoms with Crippen molar-refractivity contribution in [2.24, 2.45) is 0 Å². The van der Waals surface area contributed by atoms with Crippen molar-refractivity contribution in [1.29, 1.82) is 0 Å². The van der Waals surface area contributed by atoms with Gasteiger partial charge in [0.05, 0.1) is 0 Å². The molecule has 176 valence electrons. The van der Waals surface area contributed by atoms with E-state index in [9.17, 15) is 13.2 Å². The van der Waals surface area contributed by atoms with Gasteiger partial charge in [-0.15, -0.1) is 0 Å². The monoisotopic (exact) mass is 458 g/mol. The Balaban J connectivity index is 1.83. The third kappa shape index (κ3) is 7.37. The fourth-order valence-corrected chi connectivity index (χ4v) is 3.16. The van der Waals surface area contributed by atoms with E-state index in [1.807, 2.05) is 39.0 Å². The number of benzene rings is 2. The molecule has 0 bridgehead atoms. The molecule has 2 aromatic carbocycles. The average molecular weight is 459 g/mol.